The third kappa shape index (κ3) is 5.42. The van der Waals surface area contributed by atoms with Crippen molar-refractivity contribution in [3.8, 4) is 0 Å². The highest BCUT2D eigenvalue weighted by Gasteiger charge is 2.08. The molecular weight excluding hydrogens is 308 g/mol. The number of carbonyl (C=O) groups excluding carboxylic acids is 2. The van der Waals surface area contributed by atoms with Crippen molar-refractivity contribution in [3.05, 3.63) is 34.3 Å². The van der Waals surface area contributed by atoms with E-state index in [0.717, 1.165) is 17.4 Å². The third-order valence-corrected chi connectivity index (χ3v) is 3.24. The molecule has 0 spiro atoms. The lowest BCUT2D eigenvalue weighted by Gasteiger charge is -2.20. The van der Waals surface area contributed by atoms with Crippen molar-refractivity contribution in [2.45, 2.75) is 20.3 Å². The first-order valence-corrected chi connectivity index (χ1v) is 7.13. The summed E-state index contributed by atoms with van der Waals surface area (Å²) in [6.07, 6.45) is 0.917. The fraction of sp³-hybridized carbons (Fsp3) is 0.429. The third-order valence-electron chi connectivity index (χ3n) is 2.71. The molecule has 1 aromatic rings. The Morgan fingerprint density at radius 1 is 1.21 bits per heavy atom. The number of rotatable bonds is 6. The molecule has 0 heterocycles. The van der Waals surface area contributed by atoms with Crippen LogP contribution in [0.4, 0.5) is 0 Å². The minimum absolute atomic E-state index is 0.0414. The number of nitrogens with one attached hydrogen (secondary N) is 1. The van der Waals surface area contributed by atoms with Gasteiger partial charge in [-0.1, -0.05) is 22.9 Å². The van der Waals surface area contributed by atoms with Crippen molar-refractivity contribution < 1.29 is 9.59 Å². The summed E-state index contributed by atoms with van der Waals surface area (Å²) in [5.41, 5.74) is 0.619. The molecule has 4 nitrogen and oxygen atoms in total. The molecule has 0 aliphatic carbocycles. The molecule has 0 saturated heterocycles. The zero-order valence-corrected chi connectivity index (χ0v) is 12.9. The summed E-state index contributed by atoms with van der Waals surface area (Å²) in [6, 6.07) is 7.17. The van der Waals surface area contributed by atoms with Crippen molar-refractivity contribution in [1.29, 1.82) is 0 Å². The van der Waals surface area contributed by atoms with Crippen LogP contribution in [0.25, 0.3) is 0 Å². The first kappa shape index (κ1) is 15.7. The van der Waals surface area contributed by atoms with Crippen LogP contribution in [0.3, 0.4) is 0 Å². The average Bonchev–Trinajstić information content (AvgIpc) is 2.38. The zero-order chi connectivity index (χ0) is 14.3. The Kier molecular flexibility index (Phi) is 6.56. The van der Waals surface area contributed by atoms with Crippen LogP contribution in [0.1, 0.15) is 30.6 Å². The smallest absolute Gasteiger partial charge is 0.251 e. The van der Waals surface area contributed by atoms with Gasteiger partial charge in [-0.15, -0.1) is 0 Å². The quantitative estimate of drug-likeness (QED) is 0.872. The summed E-state index contributed by atoms with van der Waals surface area (Å²) in [7, 11) is 0. The molecule has 0 aliphatic heterocycles. The molecular formula is C14H19BrN2O2. The first-order chi connectivity index (χ1) is 9.04. The maximum Gasteiger partial charge on any atom is 0.251 e. The molecule has 19 heavy (non-hydrogen) atoms. The fourth-order valence-electron chi connectivity index (χ4n) is 1.70. The van der Waals surface area contributed by atoms with Crippen molar-refractivity contribution in [3.63, 3.8) is 0 Å². The normalized spacial score (nSPS) is 10.1. The van der Waals surface area contributed by atoms with Crippen molar-refractivity contribution in [2.75, 3.05) is 19.6 Å². The van der Waals surface area contributed by atoms with E-state index in [0.29, 0.717) is 18.7 Å². The van der Waals surface area contributed by atoms with Gasteiger partial charge in [-0.25, -0.2) is 0 Å². The predicted octanol–water partition coefficient (Wildman–Crippen LogP) is 2.44. The van der Waals surface area contributed by atoms with Gasteiger partial charge >= 0.3 is 0 Å². The fourth-order valence-corrected chi connectivity index (χ4v) is 1.97. The van der Waals surface area contributed by atoms with Crippen LogP contribution in [0.2, 0.25) is 0 Å². The Hall–Kier alpha value is -1.36. The zero-order valence-electron chi connectivity index (χ0n) is 11.3. The Labute approximate surface area is 122 Å². The SMILES string of the molecule is CCCN(CCNC(=O)c1ccc(Br)cc1)C(C)=O. The highest BCUT2D eigenvalue weighted by molar-refractivity contribution is 9.10. The molecule has 0 bridgehead atoms. The van der Waals surface area contributed by atoms with Gasteiger partial charge in [0.05, 0.1) is 0 Å². The van der Waals surface area contributed by atoms with Gasteiger partial charge in [0.1, 0.15) is 0 Å². The van der Waals surface area contributed by atoms with Gasteiger partial charge in [-0.3, -0.25) is 9.59 Å². The van der Waals surface area contributed by atoms with Crippen LogP contribution < -0.4 is 5.32 Å². The summed E-state index contributed by atoms with van der Waals surface area (Å²) in [6.45, 7) is 5.31. The van der Waals surface area contributed by atoms with E-state index in [-0.39, 0.29) is 11.8 Å². The van der Waals surface area contributed by atoms with Gasteiger partial charge in [0.2, 0.25) is 5.91 Å². The average molecular weight is 327 g/mol. The molecule has 1 N–H and O–H groups in total. The van der Waals surface area contributed by atoms with E-state index in [4.69, 9.17) is 0 Å². The Bertz CT molecular complexity index is 432. The van der Waals surface area contributed by atoms with E-state index in [1.807, 2.05) is 19.1 Å². The van der Waals surface area contributed by atoms with E-state index in [9.17, 15) is 9.59 Å². The summed E-state index contributed by atoms with van der Waals surface area (Å²) in [4.78, 5) is 24.9. The summed E-state index contributed by atoms with van der Waals surface area (Å²) < 4.78 is 0.940. The molecule has 0 aliphatic rings. The largest absolute Gasteiger partial charge is 0.350 e. The van der Waals surface area contributed by atoms with Crippen molar-refractivity contribution in [1.82, 2.24) is 10.2 Å². The molecule has 104 valence electrons. The minimum atomic E-state index is -0.118. The van der Waals surface area contributed by atoms with E-state index in [1.165, 1.54) is 0 Å². The van der Waals surface area contributed by atoms with Crippen LogP contribution in [-0.2, 0) is 4.79 Å². The van der Waals surface area contributed by atoms with Gasteiger partial charge < -0.3 is 10.2 Å². The van der Waals surface area contributed by atoms with E-state index >= 15 is 0 Å². The second-order valence-corrected chi connectivity index (χ2v) is 5.18. The lowest BCUT2D eigenvalue weighted by atomic mass is 10.2. The number of amides is 2. The van der Waals surface area contributed by atoms with Crippen molar-refractivity contribution >= 4 is 27.7 Å². The van der Waals surface area contributed by atoms with E-state index in [2.05, 4.69) is 21.2 Å². The summed E-state index contributed by atoms with van der Waals surface area (Å²) >= 11 is 3.32. The van der Waals surface area contributed by atoms with Crippen LogP contribution in [0.15, 0.2) is 28.7 Å². The number of hydrogen-bond donors (Lipinski definition) is 1. The molecule has 0 aromatic heterocycles. The lowest BCUT2D eigenvalue weighted by molar-refractivity contribution is -0.128. The summed E-state index contributed by atoms with van der Waals surface area (Å²) in [5, 5.41) is 2.81. The Morgan fingerprint density at radius 3 is 2.37 bits per heavy atom. The maximum absolute atomic E-state index is 11.8. The minimum Gasteiger partial charge on any atom is -0.350 e. The predicted molar refractivity (Wildman–Crippen MR) is 79.0 cm³/mol. The molecule has 2 amide bonds. The molecule has 0 unspecified atom stereocenters. The topological polar surface area (TPSA) is 49.4 Å². The molecule has 0 atom stereocenters. The van der Waals surface area contributed by atoms with E-state index < -0.39 is 0 Å². The molecule has 0 fully saturated rings. The molecule has 5 heteroatoms. The van der Waals surface area contributed by atoms with Crippen LogP contribution in [-0.4, -0.2) is 36.3 Å². The molecule has 0 saturated carbocycles. The number of hydrogen-bond acceptors (Lipinski definition) is 2. The standard InChI is InChI=1S/C14H19BrN2O2/c1-3-9-17(11(2)18)10-8-16-14(19)12-4-6-13(15)7-5-12/h4-7H,3,8-10H2,1-2H3,(H,16,19). The Balaban J connectivity index is 2.41. The first-order valence-electron chi connectivity index (χ1n) is 6.34. The second kappa shape index (κ2) is 7.94. The van der Waals surface area contributed by atoms with Gasteiger partial charge in [-0.2, -0.15) is 0 Å². The van der Waals surface area contributed by atoms with Gasteiger partial charge in [0, 0.05) is 36.6 Å². The Morgan fingerprint density at radius 2 is 1.84 bits per heavy atom. The number of halogens is 1. The van der Waals surface area contributed by atoms with Gasteiger partial charge in [0.25, 0.3) is 5.91 Å². The molecule has 1 rings (SSSR count). The van der Waals surface area contributed by atoms with Crippen LogP contribution in [0.5, 0.6) is 0 Å². The summed E-state index contributed by atoms with van der Waals surface area (Å²) in [5.74, 6) is -0.0766. The van der Waals surface area contributed by atoms with Gasteiger partial charge in [-0.05, 0) is 30.7 Å². The van der Waals surface area contributed by atoms with Crippen LogP contribution in [0, 0.1) is 0 Å². The monoisotopic (exact) mass is 326 g/mol. The highest BCUT2D eigenvalue weighted by Crippen LogP contribution is 2.10. The van der Waals surface area contributed by atoms with Crippen LogP contribution >= 0.6 is 15.9 Å². The molecule has 0 radical (unpaired) electrons. The van der Waals surface area contributed by atoms with Gasteiger partial charge in [0.15, 0.2) is 0 Å². The van der Waals surface area contributed by atoms with Crippen molar-refractivity contribution in [2.24, 2.45) is 0 Å². The highest BCUT2D eigenvalue weighted by atomic mass is 79.9. The molecule has 1 aromatic carbocycles. The van der Waals surface area contributed by atoms with E-state index in [1.54, 1.807) is 24.0 Å². The number of carbonyl (C=O) groups is 2. The maximum atomic E-state index is 11.8. The number of benzene rings is 1. The lowest BCUT2D eigenvalue weighted by Crippen LogP contribution is -2.37. The second-order valence-electron chi connectivity index (χ2n) is 4.27. The number of nitrogens with zero attached hydrogens (tertiary/aromatic N) is 1.